The van der Waals surface area contributed by atoms with E-state index in [4.69, 9.17) is 5.11 Å². The first-order valence-electron chi connectivity index (χ1n) is 6.04. The molecule has 0 atom stereocenters. The van der Waals surface area contributed by atoms with Crippen LogP contribution in [0.25, 0.3) is 0 Å². The average molecular weight is 236 g/mol. The first-order chi connectivity index (χ1) is 8.22. The molecule has 1 aromatic rings. The molecule has 17 heavy (non-hydrogen) atoms. The van der Waals surface area contributed by atoms with Crippen molar-refractivity contribution in [1.82, 2.24) is 20.5 Å². The second-order valence-corrected chi connectivity index (χ2v) is 5.16. The molecule has 0 aromatic carbocycles. The van der Waals surface area contributed by atoms with E-state index >= 15 is 0 Å². The number of carbonyl (C=O) groups excluding carboxylic acids is 1. The van der Waals surface area contributed by atoms with Crippen molar-refractivity contribution in [3.05, 3.63) is 11.6 Å². The third-order valence-electron chi connectivity index (χ3n) is 3.59. The summed E-state index contributed by atoms with van der Waals surface area (Å²) in [6.07, 6.45) is 4.21. The normalized spacial score (nSPS) is 21.2. The van der Waals surface area contributed by atoms with Gasteiger partial charge in [-0.3, -0.25) is 9.89 Å². The van der Waals surface area contributed by atoms with Crippen molar-refractivity contribution in [2.75, 3.05) is 13.2 Å². The fraction of sp³-hybridized carbons (Fsp3) is 0.727. The van der Waals surface area contributed by atoms with Crippen molar-refractivity contribution in [2.45, 2.75) is 31.6 Å². The highest BCUT2D eigenvalue weighted by molar-refractivity contribution is 5.90. The molecule has 1 amide bonds. The van der Waals surface area contributed by atoms with Gasteiger partial charge in [0.15, 0.2) is 0 Å². The van der Waals surface area contributed by atoms with Gasteiger partial charge >= 0.3 is 0 Å². The van der Waals surface area contributed by atoms with Crippen molar-refractivity contribution in [3.63, 3.8) is 0 Å². The number of aromatic amines is 1. The van der Waals surface area contributed by atoms with Gasteiger partial charge in [0.05, 0.1) is 6.61 Å². The Labute approximate surface area is 98.8 Å². The lowest BCUT2D eigenvalue weighted by molar-refractivity contribution is 0.0925. The third kappa shape index (κ3) is 2.17. The lowest BCUT2D eigenvalue weighted by atomic mass is 10.1. The van der Waals surface area contributed by atoms with E-state index in [2.05, 4.69) is 20.5 Å². The number of H-pyrrole nitrogens is 1. The van der Waals surface area contributed by atoms with Crippen LogP contribution in [0.3, 0.4) is 0 Å². The fourth-order valence-corrected chi connectivity index (χ4v) is 1.83. The Balaban J connectivity index is 1.57. The standard InChI is InChI=1S/C11H16N4O2/c16-6-11(3-4-11)5-12-10(17)9-13-8(14-15-9)7-1-2-7/h7,16H,1-6H2,(H,12,17)(H,13,14,15). The van der Waals surface area contributed by atoms with E-state index < -0.39 is 0 Å². The van der Waals surface area contributed by atoms with Crippen LogP contribution >= 0.6 is 0 Å². The van der Waals surface area contributed by atoms with Crippen molar-refractivity contribution in [1.29, 1.82) is 0 Å². The zero-order valence-electron chi connectivity index (χ0n) is 9.57. The molecule has 2 saturated carbocycles. The molecule has 1 heterocycles. The molecule has 3 rings (SSSR count). The summed E-state index contributed by atoms with van der Waals surface area (Å²) in [6, 6.07) is 0. The molecular formula is C11H16N4O2. The van der Waals surface area contributed by atoms with Gasteiger partial charge in [0.25, 0.3) is 5.91 Å². The highest BCUT2D eigenvalue weighted by atomic mass is 16.3. The molecule has 0 aliphatic heterocycles. The number of carbonyl (C=O) groups is 1. The molecule has 92 valence electrons. The number of amides is 1. The van der Waals surface area contributed by atoms with Crippen LogP contribution in [-0.4, -0.2) is 39.3 Å². The van der Waals surface area contributed by atoms with Crippen LogP contribution in [0.4, 0.5) is 0 Å². The summed E-state index contributed by atoms with van der Waals surface area (Å²) in [4.78, 5) is 15.9. The first-order valence-corrected chi connectivity index (χ1v) is 6.04. The molecule has 0 spiro atoms. The Bertz CT molecular complexity index is 434. The van der Waals surface area contributed by atoms with E-state index in [9.17, 15) is 4.79 Å². The number of nitrogens with zero attached hydrogens (tertiary/aromatic N) is 2. The lowest BCUT2D eigenvalue weighted by Crippen LogP contribution is -2.32. The largest absolute Gasteiger partial charge is 0.396 e. The Kier molecular flexibility index (Phi) is 2.39. The fourth-order valence-electron chi connectivity index (χ4n) is 1.83. The minimum atomic E-state index is -0.257. The summed E-state index contributed by atoms with van der Waals surface area (Å²) in [5.41, 5.74) is -0.0781. The van der Waals surface area contributed by atoms with Gasteiger partial charge in [0, 0.05) is 17.9 Å². The molecule has 6 heteroatoms. The lowest BCUT2D eigenvalue weighted by Gasteiger charge is -2.11. The van der Waals surface area contributed by atoms with E-state index in [1.165, 1.54) is 0 Å². The minimum absolute atomic E-state index is 0.0781. The molecule has 6 nitrogen and oxygen atoms in total. The maximum atomic E-state index is 11.8. The first kappa shape index (κ1) is 10.7. The summed E-state index contributed by atoms with van der Waals surface area (Å²) >= 11 is 0. The molecular weight excluding hydrogens is 220 g/mol. The van der Waals surface area contributed by atoms with Gasteiger partial charge in [-0.15, -0.1) is 5.10 Å². The molecule has 0 unspecified atom stereocenters. The quantitative estimate of drug-likeness (QED) is 0.680. The number of aliphatic hydroxyl groups is 1. The Morgan fingerprint density at radius 2 is 2.29 bits per heavy atom. The summed E-state index contributed by atoms with van der Waals surface area (Å²) in [6.45, 7) is 0.643. The van der Waals surface area contributed by atoms with E-state index in [0.29, 0.717) is 12.5 Å². The number of nitrogens with one attached hydrogen (secondary N) is 2. The van der Waals surface area contributed by atoms with Crippen LogP contribution in [0.5, 0.6) is 0 Å². The van der Waals surface area contributed by atoms with Crippen molar-refractivity contribution >= 4 is 5.91 Å². The third-order valence-corrected chi connectivity index (χ3v) is 3.59. The molecule has 1 aromatic heterocycles. The smallest absolute Gasteiger partial charge is 0.290 e. The number of hydrogen-bond acceptors (Lipinski definition) is 4. The van der Waals surface area contributed by atoms with Crippen LogP contribution in [0.2, 0.25) is 0 Å². The van der Waals surface area contributed by atoms with Crippen molar-refractivity contribution in [3.8, 4) is 0 Å². The number of aliphatic hydroxyl groups excluding tert-OH is 1. The zero-order chi connectivity index (χ0) is 11.9. The van der Waals surface area contributed by atoms with Crippen molar-refractivity contribution < 1.29 is 9.90 Å². The molecule has 0 saturated heterocycles. The predicted molar refractivity (Wildman–Crippen MR) is 59.4 cm³/mol. The van der Waals surface area contributed by atoms with Gasteiger partial charge in [-0.1, -0.05) is 0 Å². The second kappa shape index (κ2) is 3.80. The van der Waals surface area contributed by atoms with E-state index in [1.807, 2.05) is 0 Å². The molecule has 2 fully saturated rings. The maximum absolute atomic E-state index is 11.8. The van der Waals surface area contributed by atoms with Gasteiger partial charge < -0.3 is 10.4 Å². The monoisotopic (exact) mass is 236 g/mol. The summed E-state index contributed by atoms with van der Waals surface area (Å²) < 4.78 is 0. The Morgan fingerprint density at radius 3 is 2.88 bits per heavy atom. The number of aromatic nitrogens is 3. The van der Waals surface area contributed by atoms with Crippen LogP contribution in [0, 0.1) is 5.41 Å². The topological polar surface area (TPSA) is 90.9 Å². The van der Waals surface area contributed by atoms with Crippen molar-refractivity contribution in [2.24, 2.45) is 5.41 Å². The van der Waals surface area contributed by atoms with E-state index in [0.717, 1.165) is 31.5 Å². The molecule has 2 aliphatic carbocycles. The van der Waals surface area contributed by atoms with E-state index in [1.54, 1.807) is 0 Å². The van der Waals surface area contributed by atoms with Crippen LogP contribution < -0.4 is 5.32 Å². The van der Waals surface area contributed by atoms with Gasteiger partial charge in [0.2, 0.25) is 5.82 Å². The Morgan fingerprint density at radius 1 is 1.53 bits per heavy atom. The molecule has 0 radical (unpaired) electrons. The van der Waals surface area contributed by atoms with Crippen LogP contribution in [-0.2, 0) is 0 Å². The van der Waals surface area contributed by atoms with Gasteiger partial charge in [-0.2, -0.15) is 0 Å². The van der Waals surface area contributed by atoms with Crippen LogP contribution in [0.15, 0.2) is 0 Å². The summed E-state index contributed by atoms with van der Waals surface area (Å²) in [5, 5.41) is 18.6. The van der Waals surface area contributed by atoms with Gasteiger partial charge in [0.1, 0.15) is 5.82 Å². The second-order valence-electron chi connectivity index (χ2n) is 5.16. The summed E-state index contributed by atoms with van der Waals surface area (Å²) in [7, 11) is 0. The molecule has 2 aliphatic rings. The summed E-state index contributed by atoms with van der Waals surface area (Å²) in [5.74, 6) is 1.24. The highest BCUT2D eigenvalue weighted by Gasteiger charge is 2.42. The predicted octanol–water partition coefficient (Wildman–Crippen LogP) is 0.184. The molecule has 3 N–H and O–H groups in total. The van der Waals surface area contributed by atoms with Gasteiger partial charge in [-0.05, 0) is 25.7 Å². The Hall–Kier alpha value is -1.43. The van der Waals surface area contributed by atoms with Crippen LogP contribution in [0.1, 0.15) is 48.0 Å². The average Bonchev–Trinajstić information content (AvgIpc) is 3.27. The highest BCUT2D eigenvalue weighted by Crippen LogP contribution is 2.44. The molecule has 0 bridgehead atoms. The van der Waals surface area contributed by atoms with Gasteiger partial charge in [-0.25, -0.2) is 4.98 Å². The maximum Gasteiger partial charge on any atom is 0.290 e. The number of rotatable bonds is 5. The minimum Gasteiger partial charge on any atom is -0.396 e. The number of hydrogen-bond donors (Lipinski definition) is 3. The van der Waals surface area contributed by atoms with E-state index in [-0.39, 0.29) is 23.8 Å². The SMILES string of the molecule is O=C(NCC1(CO)CC1)c1n[nH]c(C2CC2)n1. The zero-order valence-corrected chi connectivity index (χ0v) is 9.57.